The normalized spacial score (nSPS) is 18.5. The van der Waals surface area contributed by atoms with Gasteiger partial charge >= 0.3 is 0 Å². The molecule has 120 valence electrons. The highest BCUT2D eigenvalue weighted by atomic mass is 32.2. The number of carbonyl (C=O) groups is 1. The Labute approximate surface area is 140 Å². The highest BCUT2D eigenvalue weighted by Crippen LogP contribution is 2.34. The van der Waals surface area contributed by atoms with Crippen LogP contribution < -0.4 is 5.56 Å². The smallest absolute Gasteiger partial charge is 0.263 e. The number of amides is 1. The van der Waals surface area contributed by atoms with Gasteiger partial charge in [-0.2, -0.15) is 11.8 Å². The van der Waals surface area contributed by atoms with Crippen LogP contribution in [0, 0.1) is 0 Å². The molecule has 1 fully saturated rings. The lowest BCUT2D eigenvalue weighted by molar-refractivity contribution is 0.0764. The van der Waals surface area contributed by atoms with Gasteiger partial charge in [0.2, 0.25) is 0 Å². The van der Waals surface area contributed by atoms with Crippen molar-refractivity contribution < 1.29 is 4.79 Å². The lowest BCUT2D eigenvalue weighted by Crippen LogP contribution is -2.37. The van der Waals surface area contributed by atoms with Gasteiger partial charge < -0.3 is 9.47 Å². The SMILES string of the molecule is Cn1cccc(C(=O)N2CCSC(c3ccccc3)CC2)c1=O. The van der Waals surface area contributed by atoms with Gasteiger partial charge in [-0.05, 0) is 24.1 Å². The fraction of sp³-hybridized carbons (Fsp3) is 0.333. The summed E-state index contributed by atoms with van der Waals surface area (Å²) in [6.45, 7) is 1.37. The van der Waals surface area contributed by atoms with Crippen LogP contribution >= 0.6 is 11.8 Å². The van der Waals surface area contributed by atoms with Crippen LogP contribution in [0.4, 0.5) is 0 Å². The zero-order chi connectivity index (χ0) is 16.2. The maximum atomic E-state index is 12.7. The molecule has 1 aromatic carbocycles. The van der Waals surface area contributed by atoms with Crippen LogP contribution in [0.15, 0.2) is 53.5 Å². The second-order valence-electron chi connectivity index (χ2n) is 5.69. The first-order valence-corrected chi connectivity index (χ1v) is 8.83. The van der Waals surface area contributed by atoms with Crippen LogP contribution in [0.5, 0.6) is 0 Å². The molecule has 2 heterocycles. The summed E-state index contributed by atoms with van der Waals surface area (Å²) in [4.78, 5) is 26.6. The maximum absolute atomic E-state index is 12.7. The van der Waals surface area contributed by atoms with E-state index >= 15 is 0 Å². The number of hydrogen-bond acceptors (Lipinski definition) is 3. The van der Waals surface area contributed by atoms with Gasteiger partial charge in [0.15, 0.2) is 0 Å². The Kier molecular flexibility index (Phi) is 4.86. The second-order valence-corrected chi connectivity index (χ2v) is 7.00. The average molecular weight is 328 g/mol. The predicted molar refractivity (Wildman–Crippen MR) is 93.8 cm³/mol. The monoisotopic (exact) mass is 328 g/mol. The molecule has 4 nitrogen and oxygen atoms in total. The third-order valence-electron chi connectivity index (χ3n) is 4.15. The molecule has 0 spiro atoms. The van der Waals surface area contributed by atoms with E-state index in [2.05, 4.69) is 24.3 Å². The summed E-state index contributed by atoms with van der Waals surface area (Å²) in [5.41, 5.74) is 1.34. The van der Waals surface area contributed by atoms with E-state index in [1.807, 2.05) is 22.7 Å². The average Bonchev–Trinajstić information content (AvgIpc) is 2.84. The molecule has 0 bridgehead atoms. The molecule has 1 amide bonds. The van der Waals surface area contributed by atoms with Gasteiger partial charge in [-0.15, -0.1) is 0 Å². The van der Waals surface area contributed by atoms with Crippen molar-refractivity contribution >= 4 is 17.7 Å². The fourth-order valence-electron chi connectivity index (χ4n) is 2.84. The molecule has 3 rings (SSSR count). The van der Waals surface area contributed by atoms with Crippen molar-refractivity contribution in [1.82, 2.24) is 9.47 Å². The third-order valence-corrected chi connectivity index (χ3v) is 5.48. The first-order valence-electron chi connectivity index (χ1n) is 7.78. The van der Waals surface area contributed by atoms with Crippen LogP contribution in [-0.2, 0) is 7.05 Å². The Morgan fingerprint density at radius 2 is 1.91 bits per heavy atom. The van der Waals surface area contributed by atoms with Crippen LogP contribution in [0.3, 0.4) is 0 Å². The largest absolute Gasteiger partial charge is 0.338 e. The van der Waals surface area contributed by atoms with Crippen molar-refractivity contribution in [2.45, 2.75) is 11.7 Å². The van der Waals surface area contributed by atoms with Crippen LogP contribution in [0.1, 0.15) is 27.6 Å². The van der Waals surface area contributed by atoms with Crippen LogP contribution in [-0.4, -0.2) is 34.2 Å². The maximum Gasteiger partial charge on any atom is 0.263 e. The topological polar surface area (TPSA) is 42.3 Å². The summed E-state index contributed by atoms with van der Waals surface area (Å²) in [5, 5.41) is 0.410. The number of carbonyl (C=O) groups excluding carboxylic acids is 1. The lowest BCUT2D eigenvalue weighted by Gasteiger charge is -2.20. The minimum atomic E-state index is -0.228. The third kappa shape index (κ3) is 3.50. The molecular formula is C18H20N2O2S. The van der Waals surface area contributed by atoms with Crippen molar-refractivity contribution in [3.63, 3.8) is 0 Å². The minimum Gasteiger partial charge on any atom is -0.338 e. The molecule has 1 unspecified atom stereocenters. The summed E-state index contributed by atoms with van der Waals surface area (Å²) in [5.74, 6) is 0.735. The zero-order valence-electron chi connectivity index (χ0n) is 13.1. The Morgan fingerprint density at radius 3 is 2.70 bits per heavy atom. The lowest BCUT2D eigenvalue weighted by atomic mass is 10.1. The number of thioether (sulfide) groups is 1. The first kappa shape index (κ1) is 15.9. The number of nitrogens with zero attached hydrogens (tertiary/aromatic N) is 2. The number of benzene rings is 1. The Morgan fingerprint density at radius 1 is 1.13 bits per heavy atom. The molecular weight excluding hydrogens is 308 g/mol. The van der Waals surface area contributed by atoms with Gasteiger partial charge in [0.05, 0.1) is 0 Å². The number of aromatic nitrogens is 1. The molecule has 1 aliphatic heterocycles. The fourth-order valence-corrected chi connectivity index (χ4v) is 4.07. The number of aryl methyl sites for hydroxylation is 1. The first-order chi connectivity index (χ1) is 11.2. The highest BCUT2D eigenvalue weighted by Gasteiger charge is 2.24. The molecule has 1 atom stereocenters. The summed E-state index contributed by atoms with van der Waals surface area (Å²) in [6, 6.07) is 13.8. The molecule has 23 heavy (non-hydrogen) atoms. The van der Waals surface area contributed by atoms with E-state index < -0.39 is 0 Å². The second kappa shape index (κ2) is 7.04. The Bertz CT molecular complexity index is 742. The standard InChI is InChI=1S/C18H20N2O2S/c1-19-10-5-8-15(17(19)21)18(22)20-11-9-16(23-13-12-20)14-6-3-2-4-7-14/h2-8,10,16H,9,11-13H2,1H3. The highest BCUT2D eigenvalue weighted by molar-refractivity contribution is 7.99. The van der Waals surface area contributed by atoms with Gasteiger partial charge in [0.1, 0.15) is 5.56 Å². The van der Waals surface area contributed by atoms with E-state index in [0.29, 0.717) is 18.3 Å². The van der Waals surface area contributed by atoms with E-state index in [-0.39, 0.29) is 17.0 Å². The van der Waals surface area contributed by atoms with E-state index in [0.717, 1.165) is 12.2 Å². The van der Waals surface area contributed by atoms with Crippen LogP contribution in [0.2, 0.25) is 0 Å². The summed E-state index contributed by atoms with van der Waals surface area (Å²) in [7, 11) is 1.67. The molecule has 0 saturated carbocycles. The number of pyridine rings is 1. The van der Waals surface area contributed by atoms with E-state index in [4.69, 9.17) is 0 Å². The summed E-state index contributed by atoms with van der Waals surface area (Å²) in [6.07, 6.45) is 2.58. The predicted octanol–water partition coefficient (Wildman–Crippen LogP) is 2.71. The van der Waals surface area contributed by atoms with E-state index in [9.17, 15) is 9.59 Å². The van der Waals surface area contributed by atoms with Crippen molar-refractivity contribution in [2.24, 2.45) is 7.05 Å². The number of rotatable bonds is 2. The van der Waals surface area contributed by atoms with Gasteiger partial charge in [0, 0.05) is 37.3 Å². The van der Waals surface area contributed by atoms with Gasteiger partial charge in [0.25, 0.3) is 11.5 Å². The van der Waals surface area contributed by atoms with Crippen molar-refractivity contribution in [1.29, 1.82) is 0 Å². The molecule has 5 heteroatoms. The Hall–Kier alpha value is -2.01. The summed E-state index contributed by atoms with van der Waals surface area (Å²) < 4.78 is 1.45. The van der Waals surface area contributed by atoms with Crippen molar-refractivity contribution in [2.75, 3.05) is 18.8 Å². The molecule has 1 saturated heterocycles. The minimum absolute atomic E-state index is 0.152. The van der Waals surface area contributed by atoms with Gasteiger partial charge in [-0.3, -0.25) is 9.59 Å². The molecule has 1 aliphatic rings. The van der Waals surface area contributed by atoms with E-state index in [1.54, 1.807) is 25.4 Å². The molecule has 2 aromatic rings. The van der Waals surface area contributed by atoms with Gasteiger partial charge in [-0.1, -0.05) is 30.3 Å². The van der Waals surface area contributed by atoms with Crippen molar-refractivity contribution in [3.8, 4) is 0 Å². The van der Waals surface area contributed by atoms with Crippen LogP contribution in [0.25, 0.3) is 0 Å². The van der Waals surface area contributed by atoms with E-state index in [1.165, 1.54) is 10.1 Å². The summed E-state index contributed by atoms with van der Waals surface area (Å²) >= 11 is 1.88. The molecule has 1 aromatic heterocycles. The molecule has 0 aliphatic carbocycles. The van der Waals surface area contributed by atoms with Crippen molar-refractivity contribution in [3.05, 3.63) is 70.1 Å². The zero-order valence-corrected chi connectivity index (χ0v) is 14.0. The Balaban J connectivity index is 1.74. The number of hydrogen-bond donors (Lipinski definition) is 0. The molecule has 0 N–H and O–H groups in total. The molecule has 0 radical (unpaired) electrons. The van der Waals surface area contributed by atoms with Gasteiger partial charge in [-0.25, -0.2) is 0 Å². The quantitative estimate of drug-likeness (QED) is 0.851.